The van der Waals surface area contributed by atoms with E-state index in [4.69, 9.17) is 4.74 Å². The molecule has 132 valence electrons. The largest absolute Gasteiger partial charge is 0.480 e. The minimum absolute atomic E-state index is 0.132. The minimum atomic E-state index is -0.636. The predicted molar refractivity (Wildman–Crippen MR) is 99.1 cm³/mol. The molecule has 1 unspecified atom stereocenters. The van der Waals surface area contributed by atoms with Gasteiger partial charge in [0.15, 0.2) is 6.10 Å². The van der Waals surface area contributed by atoms with Gasteiger partial charge in [-0.1, -0.05) is 18.2 Å². The first-order chi connectivity index (χ1) is 11.9. The van der Waals surface area contributed by atoms with Crippen molar-refractivity contribution in [2.24, 2.45) is 0 Å². The predicted octanol–water partition coefficient (Wildman–Crippen LogP) is 3.46. The van der Waals surface area contributed by atoms with Crippen molar-refractivity contribution >= 4 is 17.5 Å². The molecule has 0 radical (unpaired) electrons. The fourth-order valence-corrected chi connectivity index (χ4v) is 2.43. The summed E-state index contributed by atoms with van der Waals surface area (Å²) in [5.74, 6) is 0.359. The van der Waals surface area contributed by atoms with Gasteiger partial charge >= 0.3 is 0 Å². The number of carbonyl (C=O) groups excluding carboxylic acids is 2. The van der Waals surface area contributed by atoms with Crippen LogP contribution in [0.25, 0.3) is 0 Å². The number of carbonyl (C=O) groups is 2. The van der Waals surface area contributed by atoms with Crippen LogP contribution in [0.4, 0.5) is 5.69 Å². The Kier molecular flexibility index (Phi) is 6.17. The molecule has 0 aromatic heterocycles. The Morgan fingerprint density at radius 2 is 1.64 bits per heavy atom. The number of nitrogens with one attached hydrogen (secondary N) is 2. The number of para-hydroxylation sites is 1. The topological polar surface area (TPSA) is 67.4 Å². The number of anilines is 1. The third kappa shape index (κ3) is 4.83. The molecular formula is C20H24N2O3. The van der Waals surface area contributed by atoms with Crippen molar-refractivity contribution < 1.29 is 14.3 Å². The molecule has 0 bridgehead atoms. The van der Waals surface area contributed by atoms with Crippen LogP contribution in [0.1, 0.15) is 35.3 Å². The third-order valence-corrected chi connectivity index (χ3v) is 3.82. The number of ether oxygens (including phenoxy) is 1. The fraction of sp³-hybridized carbons (Fsp3) is 0.300. The molecule has 0 aliphatic heterocycles. The van der Waals surface area contributed by atoms with Gasteiger partial charge < -0.3 is 15.4 Å². The van der Waals surface area contributed by atoms with Gasteiger partial charge in [-0.3, -0.25) is 9.59 Å². The number of hydrogen-bond acceptors (Lipinski definition) is 3. The molecule has 0 aliphatic carbocycles. The highest BCUT2D eigenvalue weighted by atomic mass is 16.5. The van der Waals surface area contributed by atoms with E-state index in [9.17, 15) is 9.59 Å². The summed E-state index contributed by atoms with van der Waals surface area (Å²) in [5, 5.41) is 5.54. The van der Waals surface area contributed by atoms with Gasteiger partial charge in [-0.15, -0.1) is 0 Å². The van der Waals surface area contributed by atoms with Crippen LogP contribution in [0.5, 0.6) is 5.75 Å². The van der Waals surface area contributed by atoms with E-state index >= 15 is 0 Å². The average molecular weight is 340 g/mol. The van der Waals surface area contributed by atoms with E-state index in [1.165, 1.54) is 0 Å². The highest BCUT2D eigenvalue weighted by Gasteiger charge is 2.17. The Hall–Kier alpha value is -2.82. The van der Waals surface area contributed by atoms with Crippen LogP contribution in [0.15, 0.2) is 42.5 Å². The second-order valence-corrected chi connectivity index (χ2v) is 5.91. The first-order valence-electron chi connectivity index (χ1n) is 8.34. The minimum Gasteiger partial charge on any atom is -0.480 e. The van der Waals surface area contributed by atoms with Gasteiger partial charge in [0.25, 0.3) is 11.8 Å². The summed E-state index contributed by atoms with van der Waals surface area (Å²) in [6.45, 7) is 8.05. The SMILES string of the molecule is CCNC(=O)c1ccc(NC(=O)C(C)Oc2c(C)cccc2C)cc1. The van der Waals surface area contributed by atoms with E-state index in [-0.39, 0.29) is 11.8 Å². The molecule has 2 aromatic rings. The number of amides is 2. The smallest absolute Gasteiger partial charge is 0.265 e. The fourth-order valence-electron chi connectivity index (χ4n) is 2.43. The Morgan fingerprint density at radius 3 is 2.20 bits per heavy atom. The summed E-state index contributed by atoms with van der Waals surface area (Å²) in [6.07, 6.45) is -0.636. The summed E-state index contributed by atoms with van der Waals surface area (Å²) in [5.41, 5.74) is 3.16. The quantitative estimate of drug-likeness (QED) is 0.846. The summed E-state index contributed by atoms with van der Waals surface area (Å²) in [7, 11) is 0. The van der Waals surface area contributed by atoms with Crippen molar-refractivity contribution in [3.8, 4) is 5.75 Å². The Labute approximate surface area is 148 Å². The summed E-state index contributed by atoms with van der Waals surface area (Å²) < 4.78 is 5.83. The molecule has 2 aromatic carbocycles. The average Bonchev–Trinajstić information content (AvgIpc) is 2.59. The lowest BCUT2D eigenvalue weighted by molar-refractivity contribution is -0.122. The molecule has 0 spiro atoms. The van der Waals surface area contributed by atoms with Crippen LogP contribution in [0, 0.1) is 13.8 Å². The van der Waals surface area contributed by atoms with Gasteiger partial charge in [0, 0.05) is 17.8 Å². The zero-order valence-electron chi connectivity index (χ0n) is 15.1. The number of benzene rings is 2. The molecule has 1 atom stereocenters. The number of rotatable bonds is 6. The van der Waals surface area contributed by atoms with Crippen molar-refractivity contribution in [2.45, 2.75) is 33.8 Å². The second kappa shape index (κ2) is 8.33. The van der Waals surface area contributed by atoms with Gasteiger partial charge in [-0.2, -0.15) is 0 Å². The Bertz CT molecular complexity index is 734. The maximum Gasteiger partial charge on any atom is 0.265 e. The van der Waals surface area contributed by atoms with Crippen molar-refractivity contribution in [2.75, 3.05) is 11.9 Å². The van der Waals surface area contributed by atoms with Crippen LogP contribution in [0.2, 0.25) is 0 Å². The lowest BCUT2D eigenvalue weighted by atomic mass is 10.1. The van der Waals surface area contributed by atoms with Gasteiger partial charge in [-0.25, -0.2) is 0 Å². The van der Waals surface area contributed by atoms with Gasteiger partial charge in [0.05, 0.1) is 0 Å². The molecular weight excluding hydrogens is 316 g/mol. The van der Waals surface area contributed by atoms with Crippen molar-refractivity contribution in [3.05, 3.63) is 59.2 Å². The highest BCUT2D eigenvalue weighted by molar-refractivity contribution is 5.96. The van der Waals surface area contributed by atoms with E-state index in [1.807, 2.05) is 39.0 Å². The van der Waals surface area contributed by atoms with E-state index in [2.05, 4.69) is 10.6 Å². The molecule has 0 fully saturated rings. The van der Waals surface area contributed by atoms with Crippen LogP contribution in [-0.4, -0.2) is 24.5 Å². The monoisotopic (exact) mass is 340 g/mol. The van der Waals surface area contributed by atoms with Gasteiger partial charge in [0.2, 0.25) is 0 Å². The zero-order chi connectivity index (χ0) is 18.4. The summed E-state index contributed by atoms with van der Waals surface area (Å²) in [6, 6.07) is 12.6. The molecule has 0 aliphatic rings. The Morgan fingerprint density at radius 1 is 1.04 bits per heavy atom. The standard InChI is InChI=1S/C20H24N2O3/c1-5-21-20(24)16-9-11-17(12-10-16)22-19(23)15(4)25-18-13(2)7-6-8-14(18)3/h6-12,15H,5H2,1-4H3,(H,21,24)(H,22,23). The molecule has 2 rings (SSSR count). The highest BCUT2D eigenvalue weighted by Crippen LogP contribution is 2.23. The van der Waals surface area contributed by atoms with Crippen LogP contribution in [-0.2, 0) is 4.79 Å². The number of aryl methyl sites for hydroxylation is 2. The third-order valence-electron chi connectivity index (χ3n) is 3.82. The second-order valence-electron chi connectivity index (χ2n) is 5.91. The van der Waals surface area contributed by atoms with Crippen LogP contribution >= 0.6 is 0 Å². The van der Waals surface area contributed by atoms with Crippen molar-refractivity contribution in [3.63, 3.8) is 0 Å². The number of hydrogen-bond donors (Lipinski definition) is 2. The summed E-state index contributed by atoms with van der Waals surface area (Å²) in [4.78, 5) is 24.1. The van der Waals surface area contributed by atoms with Crippen molar-refractivity contribution in [1.82, 2.24) is 5.32 Å². The van der Waals surface area contributed by atoms with E-state index in [0.29, 0.717) is 17.8 Å². The van der Waals surface area contributed by atoms with Crippen molar-refractivity contribution in [1.29, 1.82) is 0 Å². The Balaban J connectivity index is 2.00. The normalized spacial score (nSPS) is 11.5. The van der Waals surface area contributed by atoms with Gasteiger partial charge in [0.1, 0.15) is 5.75 Å². The molecule has 2 amide bonds. The molecule has 25 heavy (non-hydrogen) atoms. The zero-order valence-corrected chi connectivity index (χ0v) is 15.1. The molecule has 2 N–H and O–H groups in total. The maximum atomic E-state index is 12.3. The first-order valence-corrected chi connectivity index (χ1v) is 8.34. The van der Waals surface area contributed by atoms with Crippen LogP contribution < -0.4 is 15.4 Å². The van der Waals surface area contributed by atoms with Crippen LogP contribution in [0.3, 0.4) is 0 Å². The lowest BCUT2D eigenvalue weighted by Crippen LogP contribution is -2.30. The molecule has 5 heteroatoms. The maximum absolute atomic E-state index is 12.3. The molecule has 0 saturated heterocycles. The van der Waals surface area contributed by atoms with E-state index < -0.39 is 6.10 Å². The summed E-state index contributed by atoms with van der Waals surface area (Å²) >= 11 is 0. The van der Waals surface area contributed by atoms with E-state index in [0.717, 1.165) is 16.9 Å². The first kappa shape index (κ1) is 18.5. The molecule has 5 nitrogen and oxygen atoms in total. The van der Waals surface area contributed by atoms with E-state index in [1.54, 1.807) is 31.2 Å². The molecule has 0 saturated carbocycles. The lowest BCUT2D eigenvalue weighted by Gasteiger charge is -2.18. The molecule has 0 heterocycles. The van der Waals surface area contributed by atoms with Gasteiger partial charge in [-0.05, 0) is 63.1 Å².